The van der Waals surface area contributed by atoms with E-state index in [0.29, 0.717) is 11.3 Å². The summed E-state index contributed by atoms with van der Waals surface area (Å²) in [7, 11) is 0. The third-order valence-electron chi connectivity index (χ3n) is 4.82. The molecule has 4 heterocycles. The van der Waals surface area contributed by atoms with E-state index in [9.17, 15) is 24.7 Å². The van der Waals surface area contributed by atoms with Gasteiger partial charge in [0.1, 0.15) is 17.1 Å². The van der Waals surface area contributed by atoms with Gasteiger partial charge < -0.3 is 26.2 Å². The van der Waals surface area contributed by atoms with Crippen molar-refractivity contribution in [2.75, 3.05) is 11.5 Å². The molecule has 4 N–H and O–H groups in total. The number of carboxylic acid groups (broad SMARTS) is 1. The number of thiazole rings is 1. The molecule has 0 aromatic carbocycles. The molecule has 2 aromatic heterocycles. The van der Waals surface area contributed by atoms with Crippen LogP contribution in [-0.2, 0) is 14.4 Å². The van der Waals surface area contributed by atoms with Gasteiger partial charge in [-0.25, -0.2) is 4.98 Å². The van der Waals surface area contributed by atoms with Gasteiger partial charge in [-0.05, 0) is 11.6 Å². The third-order valence-corrected chi connectivity index (χ3v) is 6.79. The number of fused-ring (bicyclic) bond motifs is 1. The fourth-order valence-electron chi connectivity index (χ4n) is 3.30. The van der Waals surface area contributed by atoms with E-state index in [1.165, 1.54) is 17.1 Å². The van der Waals surface area contributed by atoms with Gasteiger partial charge in [0.2, 0.25) is 0 Å². The number of nitrogens with zero attached hydrogens (tertiary/aromatic N) is 5. The van der Waals surface area contributed by atoms with Crippen LogP contribution in [-0.4, -0.2) is 65.7 Å². The summed E-state index contributed by atoms with van der Waals surface area (Å²) in [6.07, 6.45) is 11.2. The zero-order valence-corrected chi connectivity index (χ0v) is 21.8. The Labute approximate surface area is 229 Å². The van der Waals surface area contributed by atoms with E-state index in [-0.39, 0.29) is 51.8 Å². The number of nitrogens with one attached hydrogen (secondary N) is 1. The molecule has 0 spiro atoms. The predicted octanol–water partition coefficient (Wildman–Crippen LogP) is -3.63. The van der Waals surface area contributed by atoms with Gasteiger partial charge in [-0.1, -0.05) is 23.4 Å². The maximum atomic E-state index is 12.7. The van der Waals surface area contributed by atoms with Gasteiger partial charge in [-0.15, -0.1) is 23.1 Å². The Kier molecular flexibility index (Phi) is 8.80. The van der Waals surface area contributed by atoms with Crippen molar-refractivity contribution >= 4 is 57.8 Å². The number of anilines is 1. The molecule has 0 radical (unpaired) electrons. The Morgan fingerprint density at radius 2 is 2.09 bits per heavy atom. The molecule has 0 aliphatic carbocycles. The molecule has 2 aromatic rings. The van der Waals surface area contributed by atoms with Gasteiger partial charge in [0.25, 0.3) is 11.8 Å². The number of hydrogen-bond donors (Lipinski definition) is 3. The number of carbonyl (C=O) groups excluding carboxylic acids is 3. The van der Waals surface area contributed by atoms with E-state index >= 15 is 0 Å². The normalized spacial score (nSPS) is 19.9. The second-order valence-corrected chi connectivity index (χ2v) is 8.89. The molecule has 1 saturated heterocycles. The first-order valence-corrected chi connectivity index (χ1v) is 11.6. The van der Waals surface area contributed by atoms with Gasteiger partial charge in [0.05, 0.1) is 23.6 Å². The largest absolute Gasteiger partial charge is 1.00 e. The molecule has 35 heavy (non-hydrogen) atoms. The summed E-state index contributed by atoms with van der Waals surface area (Å²) < 4.78 is 0. The van der Waals surface area contributed by atoms with Crippen LogP contribution in [0.2, 0.25) is 0 Å². The third kappa shape index (κ3) is 5.62. The molecule has 2 amide bonds. The topological polar surface area (TPSA) is 187 Å². The van der Waals surface area contributed by atoms with Gasteiger partial charge in [0.15, 0.2) is 10.8 Å². The smallest absolute Gasteiger partial charge is 0.543 e. The van der Waals surface area contributed by atoms with Crippen LogP contribution in [0.5, 0.6) is 0 Å². The standard InChI is InChI=1S/C20H17N7O5S2.Na/c21-20-24-12(9-34-20)13(26-32)16(28)25-14-17(29)27-15(19(30)31)10(8-33-18(14)27)3-1-2-4-11-7-22-5-6-23-11;/h1-7,9,14,18,32H,8H2,(H2,21,24)(H,25,28)(H,30,31);/q;+1/p-1/b3-1+,4-2+,26-13-;/t14-,18-;/m1./s1. The van der Waals surface area contributed by atoms with Crippen molar-refractivity contribution in [1.82, 2.24) is 25.2 Å². The van der Waals surface area contributed by atoms with E-state index in [1.54, 1.807) is 42.9 Å². The zero-order chi connectivity index (χ0) is 24.2. The number of thioether (sulfide) groups is 1. The number of oxime groups is 1. The van der Waals surface area contributed by atoms with Gasteiger partial charge >= 0.3 is 29.6 Å². The maximum absolute atomic E-state index is 12.7. The van der Waals surface area contributed by atoms with Crippen LogP contribution in [0.15, 0.2) is 58.6 Å². The number of carbonyl (C=O) groups is 3. The van der Waals surface area contributed by atoms with Crippen LogP contribution in [0.25, 0.3) is 6.08 Å². The Morgan fingerprint density at radius 1 is 1.31 bits per heavy atom. The Balaban J connectivity index is 0.00000342. The minimum Gasteiger partial charge on any atom is -0.543 e. The number of allylic oxidation sites excluding steroid dienone is 3. The number of aliphatic carboxylic acids is 1. The number of nitrogens with two attached hydrogens (primary N) is 1. The molecule has 15 heteroatoms. The molecule has 1 fully saturated rings. The number of amides is 2. The van der Waals surface area contributed by atoms with Gasteiger partial charge in [-0.3, -0.25) is 24.5 Å². The Hall–Kier alpha value is -3.04. The number of carboxylic acids is 1. The first-order valence-electron chi connectivity index (χ1n) is 9.65. The average Bonchev–Trinajstić information content (AvgIpc) is 3.26. The van der Waals surface area contributed by atoms with Crippen LogP contribution >= 0.6 is 23.1 Å². The number of aromatic nitrogens is 3. The first-order chi connectivity index (χ1) is 16.4. The van der Waals surface area contributed by atoms with Crippen molar-refractivity contribution in [2.45, 2.75) is 11.4 Å². The fourth-order valence-corrected chi connectivity index (χ4v) is 5.17. The van der Waals surface area contributed by atoms with Crippen LogP contribution in [0, 0.1) is 0 Å². The molecule has 2 atom stereocenters. The summed E-state index contributed by atoms with van der Waals surface area (Å²) in [6.45, 7) is 0. The molecule has 2 aliphatic rings. The van der Waals surface area contributed by atoms with E-state index in [0.717, 1.165) is 16.2 Å². The fraction of sp³-hybridized carbons (Fsp3) is 0.150. The summed E-state index contributed by atoms with van der Waals surface area (Å²) >= 11 is 2.33. The van der Waals surface area contributed by atoms with Crippen molar-refractivity contribution in [3.05, 3.63) is 64.9 Å². The van der Waals surface area contributed by atoms with Crippen LogP contribution in [0.4, 0.5) is 5.13 Å². The van der Waals surface area contributed by atoms with Crippen molar-refractivity contribution in [1.29, 1.82) is 0 Å². The molecule has 0 unspecified atom stereocenters. The summed E-state index contributed by atoms with van der Waals surface area (Å²) in [5.41, 5.74) is 5.95. The number of nitrogen functional groups attached to an aromatic ring is 1. The number of rotatable bonds is 7. The van der Waals surface area contributed by atoms with Crippen molar-refractivity contribution in [3.63, 3.8) is 0 Å². The van der Waals surface area contributed by atoms with Crippen LogP contribution < -0.4 is 45.7 Å². The number of hydrogen-bond acceptors (Lipinski definition) is 12. The average molecular weight is 522 g/mol. The molecular formula is C20H16N7NaO5S2. The first kappa shape index (κ1) is 26.6. The van der Waals surface area contributed by atoms with Crippen molar-refractivity contribution < 1.29 is 54.3 Å². The molecule has 4 rings (SSSR count). The second-order valence-electron chi connectivity index (χ2n) is 6.89. The van der Waals surface area contributed by atoms with E-state index in [1.807, 2.05) is 0 Å². The Bertz CT molecular complexity index is 1260. The molecule has 0 saturated carbocycles. The zero-order valence-electron chi connectivity index (χ0n) is 18.2. The monoisotopic (exact) mass is 521 g/mol. The quantitative estimate of drug-likeness (QED) is 0.0820. The molecule has 0 bridgehead atoms. The molecule has 174 valence electrons. The SMILES string of the molecule is Nc1nc(/C(=N/O)C(=O)N[C@@H]2C(=O)N3C(C(=O)[O-])=C(/C=C/C=C/c4cnccn4)CS[C@H]23)cs1.[Na+]. The summed E-state index contributed by atoms with van der Waals surface area (Å²) in [4.78, 5) is 50.1. The summed E-state index contributed by atoms with van der Waals surface area (Å²) in [5.74, 6) is -2.70. The Morgan fingerprint density at radius 3 is 2.71 bits per heavy atom. The van der Waals surface area contributed by atoms with Crippen molar-refractivity contribution in [2.24, 2.45) is 5.16 Å². The predicted molar refractivity (Wildman–Crippen MR) is 122 cm³/mol. The van der Waals surface area contributed by atoms with Gasteiger partial charge in [-0.2, -0.15) is 0 Å². The maximum Gasteiger partial charge on any atom is 1.00 e. The van der Waals surface area contributed by atoms with Crippen LogP contribution in [0.1, 0.15) is 11.4 Å². The molecule has 2 aliphatic heterocycles. The minimum atomic E-state index is -1.50. The van der Waals surface area contributed by atoms with Gasteiger partial charge in [0, 0.05) is 23.5 Å². The number of β-lactam (4-membered cyclic amide) rings is 1. The van der Waals surface area contributed by atoms with Crippen LogP contribution in [0.3, 0.4) is 0 Å². The molecular weight excluding hydrogens is 505 g/mol. The van der Waals surface area contributed by atoms with E-state index in [4.69, 9.17) is 5.73 Å². The summed E-state index contributed by atoms with van der Waals surface area (Å²) in [5, 5.41) is 27.4. The van der Waals surface area contributed by atoms with E-state index in [2.05, 4.69) is 25.4 Å². The molecule has 12 nitrogen and oxygen atoms in total. The minimum absolute atomic E-state index is 0. The second kappa shape index (κ2) is 11.6. The van der Waals surface area contributed by atoms with E-state index < -0.39 is 34.9 Å². The summed E-state index contributed by atoms with van der Waals surface area (Å²) in [6, 6.07) is -1.01. The van der Waals surface area contributed by atoms with Crippen molar-refractivity contribution in [3.8, 4) is 0 Å².